The number of hydrogen-bond donors (Lipinski definition) is 0. The van der Waals surface area contributed by atoms with E-state index < -0.39 is 0 Å². The smallest absolute Gasteiger partial charge is 0.135 e. The largest absolute Gasteiger partial charge is 0.300 e. The molecule has 0 aromatic carbocycles. The van der Waals surface area contributed by atoms with Crippen molar-refractivity contribution in [3.05, 3.63) is 21.4 Å². The molecule has 13 heavy (non-hydrogen) atoms. The van der Waals surface area contributed by atoms with Crippen LogP contribution < -0.4 is 0 Å². The molecule has 2 rings (SSSR count). The van der Waals surface area contributed by atoms with Gasteiger partial charge in [0.25, 0.3) is 0 Å². The van der Waals surface area contributed by atoms with Gasteiger partial charge in [-0.15, -0.1) is 11.3 Å². The van der Waals surface area contributed by atoms with Crippen LogP contribution in [0.2, 0.25) is 0 Å². The van der Waals surface area contributed by atoms with Crippen LogP contribution in [0.4, 0.5) is 0 Å². The Morgan fingerprint density at radius 3 is 2.92 bits per heavy atom. The Labute approximate surface area is 82.8 Å². The second-order valence-corrected chi connectivity index (χ2v) is 4.97. The maximum absolute atomic E-state index is 10.9. The van der Waals surface area contributed by atoms with Crippen molar-refractivity contribution < 1.29 is 4.79 Å². The van der Waals surface area contributed by atoms with E-state index in [1.807, 2.05) is 11.3 Å². The van der Waals surface area contributed by atoms with Crippen molar-refractivity contribution in [1.29, 1.82) is 0 Å². The zero-order valence-electron chi connectivity index (χ0n) is 7.93. The first-order valence-corrected chi connectivity index (χ1v) is 5.67. The Balaban J connectivity index is 2.20. The van der Waals surface area contributed by atoms with Gasteiger partial charge in [0, 0.05) is 16.2 Å². The van der Waals surface area contributed by atoms with E-state index >= 15 is 0 Å². The van der Waals surface area contributed by atoms with Gasteiger partial charge in [-0.1, -0.05) is 0 Å². The van der Waals surface area contributed by atoms with Crippen LogP contribution in [0.1, 0.15) is 35.1 Å². The molecule has 0 bridgehead atoms. The lowest BCUT2D eigenvalue weighted by Gasteiger charge is -2.08. The van der Waals surface area contributed by atoms with Gasteiger partial charge in [-0.25, -0.2) is 0 Å². The maximum Gasteiger partial charge on any atom is 0.135 e. The fourth-order valence-electron chi connectivity index (χ4n) is 1.88. The molecule has 0 radical (unpaired) electrons. The van der Waals surface area contributed by atoms with Crippen molar-refractivity contribution in [3.63, 3.8) is 0 Å². The van der Waals surface area contributed by atoms with Crippen molar-refractivity contribution in [2.45, 2.75) is 39.0 Å². The zero-order chi connectivity index (χ0) is 9.26. The van der Waals surface area contributed by atoms with E-state index in [9.17, 15) is 4.79 Å². The standard InChI is InChI=1S/C11H14OS/c1-8(12)6-10-7-9-4-2-3-5-11(9)13-10/h7H,2-6H2,1H3. The fraction of sp³-hybridized carbons (Fsp3) is 0.545. The van der Waals surface area contributed by atoms with Crippen molar-refractivity contribution in [2.24, 2.45) is 0 Å². The third kappa shape index (κ3) is 1.99. The first-order chi connectivity index (χ1) is 6.25. The molecular formula is C11H14OS. The van der Waals surface area contributed by atoms with Crippen LogP contribution in [-0.4, -0.2) is 5.78 Å². The Kier molecular flexibility index (Phi) is 2.49. The predicted octanol–water partition coefficient (Wildman–Crippen LogP) is 2.76. The third-order valence-corrected chi connectivity index (χ3v) is 3.71. The monoisotopic (exact) mass is 194 g/mol. The summed E-state index contributed by atoms with van der Waals surface area (Å²) in [6.07, 6.45) is 5.75. The molecule has 1 aromatic rings. The number of rotatable bonds is 2. The Bertz CT molecular complexity index is 301. The predicted molar refractivity (Wildman–Crippen MR) is 55.3 cm³/mol. The van der Waals surface area contributed by atoms with Gasteiger partial charge in [-0.2, -0.15) is 0 Å². The van der Waals surface area contributed by atoms with Gasteiger partial charge < -0.3 is 0 Å². The summed E-state index contributed by atoms with van der Waals surface area (Å²) in [4.78, 5) is 13.7. The second kappa shape index (κ2) is 3.62. The molecule has 1 nitrogen and oxygen atoms in total. The number of thiophene rings is 1. The van der Waals surface area contributed by atoms with Crippen LogP contribution >= 0.6 is 11.3 Å². The van der Waals surface area contributed by atoms with Crippen LogP contribution in [0.25, 0.3) is 0 Å². The van der Waals surface area contributed by atoms with E-state index in [0.29, 0.717) is 6.42 Å². The van der Waals surface area contributed by atoms with E-state index in [1.54, 1.807) is 6.92 Å². The molecule has 0 unspecified atom stereocenters. The highest BCUT2D eigenvalue weighted by Gasteiger charge is 2.13. The number of fused-ring (bicyclic) bond motifs is 1. The summed E-state index contributed by atoms with van der Waals surface area (Å²) in [7, 11) is 0. The van der Waals surface area contributed by atoms with Gasteiger partial charge >= 0.3 is 0 Å². The second-order valence-electron chi connectivity index (χ2n) is 3.75. The minimum absolute atomic E-state index is 0.276. The van der Waals surface area contributed by atoms with E-state index in [-0.39, 0.29) is 5.78 Å². The summed E-state index contributed by atoms with van der Waals surface area (Å²) in [6.45, 7) is 1.67. The van der Waals surface area contributed by atoms with Crippen LogP contribution in [-0.2, 0) is 24.1 Å². The molecule has 1 heterocycles. The summed E-state index contributed by atoms with van der Waals surface area (Å²) in [5, 5.41) is 0. The SMILES string of the molecule is CC(=O)Cc1cc2c(s1)CCCC2. The molecule has 0 N–H and O–H groups in total. The highest BCUT2D eigenvalue weighted by molar-refractivity contribution is 7.12. The van der Waals surface area contributed by atoms with Crippen molar-refractivity contribution >= 4 is 17.1 Å². The number of carbonyl (C=O) groups excluding carboxylic acids is 1. The summed E-state index contributed by atoms with van der Waals surface area (Å²) in [5.41, 5.74) is 1.51. The van der Waals surface area contributed by atoms with Gasteiger partial charge in [0.05, 0.1) is 0 Å². The molecule has 1 aromatic heterocycles. The molecule has 0 amide bonds. The Morgan fingerprint density at radius 1 is 1.46 bits per heavy atom. The minimum atomic E-state index is 0.276. The lowest BCUT2D eigenvalue weighted by Crippen LogP contribution is -1.96. The summed E-state index contributed by atoms with van der Waals surface area (Å²) in [5.74, 6) is 0.276. The molecule has 0 atom stereocenters. The maximum atomic E-state index is 10.9. The highest BCUT2D eigenvalue weighted by Crippen LogP contribution is 2.29. The topological polar surface area (TPSA) is 17.1 Å². The molecule has 70 valence electrons. The van der Waals surface area contributed by atoms with Gasteiger partial charge in [0.1, 0.15) is 5.78 Å². The fourth-order valence-corrected chi connectivity index (χ4v) is 3.22. The highest BCUT2D eigenvalue weighted by atomic mass is 32.1. The normalized spacial score (nSPS) is 15.5. The van der Waals surface area contributed by atoms with Gasteiger partial charge in [-0.05, 0) is 44.2 Å². The molecule has 0 spiro atoms. The van der Waals surface area contributed by atoms with Crippen LogP contribution in [0, 0.1) is 0 Å². The lowest BCUT2D eigenvalue weighted by atomic mass is 9.99. The number of ketones is 1. The number of aryl methyl sites for hydroxylation is 2. The molecule has 1 aliphatic rings. The summed E-state index contributed by atoms with van der Waals surface area (Å²) < 4.78 is 0. The third-order valence-electron chi connectivity index (χ3n) is 2.47. The van der Waals surface area contributed by atoms with Crippen LogP contribution in [0.5, 0.6) is 0 Å². The van der Waals surface area contributed by atoms with Gasteiger partial charge in [0.15, 0.2) is 0 Å². The quantitative estimate of drug-likeness (QED) is 0.707. The zero-order valence-corrected chi connectivity index (χ0v) is 8.75. The van der Waals surface area contributed by atoms with Crippen LogP contribution in [0.3, 0.4) is 0 Å². The molecule has 0 aliphatic heterocycles. The van der Waals surface area contributed by atoms with E-state index in [1.165, 1.54) is 41.0 Å². The van der Waals surface area contributed by atoms with E-state index in [0.717, 1.165) is 0 Å². The Hall–Kier alpha value is -0.630. The van der Waals surface area contributed by atoms with E-state index in [2.05, 4.69) is 6.07 Å². The molecule has 0 saturated heterocycles. The average molecular weight is 194 g/mol. The van der Waals surface area contributed by atoms with E-state index in [4.69, 9.17) is 0 Å². The number of Topliss-reactive ketones (excluding diaryl/α,β-unsaturated/α-hetero) is 1. The minimum Gasteiger partial charge on any atom is -0.300 e. The molecule has 0 fully saturated rings. The first kappa shape index (κ1) is 8.95. The summed E-state index contributed by atoms with van der Waals surface area (Å²) >= 11 is 1.84. The Morgan fingerprint density at radius 2 is 2.23 bits per heavy atom. The van der Waals surface area contributed by atoms with Gasteiger partial charge in [-0.3, -0.25) is 4.79 Å². The summed E-state index contributed by atoms with van der Waals surface area (Å²) in [6, 6.07) is 2.24. The number of carbonyl (C=O) groups is 1. The molecular weight excluding hydrogens is 180 g/mol. The molecule has 2 heteroatoms. The number of hydrogen-bond acceptors (Lipinski definition) is 2. The van der Waals surface area contributed by atoms with Crippen molar-refractivity contribution in [1.82, 2.24) is 0 Å². The van der Waals surface area contributed by atoms with Crippen molar-refractivity contribution in [2.75, 3.05) is 0 Å². The van der Waals surface area contributed by atoms with Gasteiger partial charge in [0.2, 0.25) is 0 Å². The van der Waals surface area contributed by atoms with Crippen LogP contribution in [0.15, 0.2) is 6.07 Å². The van der Waals surface area contributed by atoms with Crippen molar-refractivity contribution in [3.8, 4) is 0 Å². The molecule has 1 aliphatic carbocycles. The average Bonchev–Trinajstić information content (AvgIpc) is 2.44. The molecule has 0 saturated carbocycles. The lowest BCUT2D eigenvalue weighted by molar-refractivity contribution is -0.116. The first-order valence-electron chi connectivity index (χ1n) is 4.85.